The van der Waals surface area contributed by atoms with Crippen LogP contribution in [0.3, 0.4) is 0 Å². The fraction of sp³-hybridized carbons (Fsp3) is 0.273. The number of hydrogen-bond acceptors (Lipinski definition) is 6. The van der Waals surface area contributed by atoms with Crippen LogP contribution in [0.4, 0.5) is 0 Å². The molecule has 3 aromatic rings. The molecule has 6 nitrogen and oxygen atoms in total. The Morgan fingerprint density at radius 1 is 1.37 bits per heavy atom. The van der Waals surface area contributed by atoms with Gasteiger partial charge in [-0.15, -0.1) is 0 Å². The van der Waals surface area contributed by atoms with Crippen molar-refractivity contribution in [3.05, 3.63) is 29.1 Å². The lowest BCUT2D eigenvalue weighted by atomic mass is 10.4. The van der Waals surface area contributed by atoms with E-state index >= 15 is 0 Å². The molecule has 0 radical (unpaired) electrons. The molecular formula is C11H10ClN5OS. The number of hydrogen-bond donors (Lipinski definition) is 0. The fourth-order valence-electron chi connectivity index (χ4n) is 1.62. The highest BCUT2D eigenvalue weighted by atomic mass is 35.5. The summed E-state index contributed by atoms with van der Waals surface area (Å²) in [7, 11) is 1.82. The zero-order chi connectivity index (χ0) is 13.4. The molecule has 0 bridgehead atoms. The molecule has 0 N–H and O–H groups in total. The Morgan fingerprint density at radius 3 is 2.95 bits per heavy atom. The highest BCUT2D eigenvalue weighted by molar-refractivity contribution is 7.98. The van der Waals surface area contributed by atoms with Crippen molar-refractivity contribution in [3.8, 4) is 0 Å². The van der Waals surface area contributed by atoms with Crippen LogP contribution in [0.15, 0.2) is 22.1 Å². The van der Waals surface area contributed by atoms with Crippen molar-refractivity contribution >= 4 is 34.4 Å². The Kier molecular flexibility index (Phi) is 3.16. The third-order valence-electron chi connectivity index (χ3n) is 2.51. The number of nitrogens with zero attached hydrogens (tertiary/aromatic N) is 5. The normalized spacial score (nSPS) is 11.3. The van der Waals surface area contributed by atoms with Crippen molar-refractivity contribution in [1.82, 2.24) is 24.7 Å². The maximum atomic E-state index is 6.11. The number of fused-ring (bicyclic) bond motifs is 1. The monoisotopic (exact) mass is 295 g/mol. The van der Waals surface area contributed by atoms with Gasteiger partial charge < -0.3 is 4.42 Å². The van der Waals surface area contributed by atoms with E-state index in [2.05, 4.69) is 20.1 Å². The molecule has 0 aliphatic heterocycles. The van der Waals surface area contributed by atoms with Gasteiger partial charge in [0.1, 0.15) is 17.2 Å². The van der Waals surface area contributed by atoms with Crippen molar-refractivity contribution in [1.29, 1.82) is 0 Å². The van der Waals surface area contributed by atoms with E-state index in [4.69, 9.17) is 16.0 Å². The molecule has 3 aromatic heterocycles. The van der Waals surface area contributed by atoms with Crippen LogP contribution in [0, 0.1) is 6.92 Å². The quantitative estimate of drug-likeness (QED) is 0.546. The molecule has 0 unspecified atom stereocenters. The van der Waals surface area contributed by atoms with Gasteiger partial charge in [-0.05, 0) is 6.92 Å². The van der Waals surface area contributed by atoms with E-state index < -0.39 is 0 Å². The second kappa shape index (κ2) is 4.82. The second-order valence-electron chi connectivity index (χ2n) is 3.98. The summed E-state index contributed by atoms with van der Waals surface area (Å²) in [6.07, 6.45) is 3.27. The minimum absolute atomic E-state index is 0.414. The highest BCUT2D eigenvalue weighted by Crippen LogP contribution is 2.24. The summed E-state index contributed by atoms with van der Waals surface area (Å²) in [5, 5.41) is 5.88. The predicted octanol–water partition coefficient (Wildman–Crippen LogP) is 2.61. The van der Waals surface area contributed by atoms with Crippen molar-refractivity contribution in [2.75, 3.05) is 0 Å². The molecule has 19 heavy (non-hydrogen) atoms. The summed E-state index contributed by atoms with van der Waals surface area (Å²) in [5.74, 6) is 1.17. The lowest BCUT2D eigenvalue weighted by Crippen LogP contribution is -1.98. The summed E-state index contributed by atoms with van der Waals surface area (Å²) in [5.41, 5.74) is 1.57. The number of aryl methyl sites for hydroxylation is 2. The molecule has 0 fully saturated rings. The first-order valence-electron chi connectivity index (χ1n) is 5.52. The Bertz CT molecular complexity index is 738. The molecule has 0 aliphatic carbocycles. The van der Waals surface area contributed by atoms with Crippen molar-refractivity contribution in [2.45, 2.75) is 17.9 Å². The average molecular weight is 296 g/mol. The average Bonchev–Trinajstić information content (AvgIpc) is 2.95. The van der Waals surface area contributed by atoms with Gasteiger partial charge >= 0.3 is 0 Å². The zero-order valence-corrected chi connectivity index (χ0v) is 11.9. The van der Waals surface area contributed by atoms with Gasteiger partial charge in [0.05, 0.1) is 23.0 Å². The smallest absolute Gasteiger partial charge is 0.256 e. The van der Waals surface area contributed by atoms with Crippen LogP contribution in [0.5, 0.6) is 0 Å². The highest BCUT2D eigenvalue weighted by Gasteiger charge is 2.11. The van der Waals surface area contributed by atoms with E-state index in [9.17, 15) is 0 Å². The van der Waals surface area contributed by atoms with Gasteiger partial charge in [0.15, 0.2) is 5.65 Å². The Balaban J connectivity index is 1.86. The third-order valence-corrected chi connectivity index (χ3v) is 3.64. The molecule has 0 aromatic carbocycles. The molecule has 0 saturated carbocycles. The molecule has 3 rings (SSSR count). The van der Waals surface area contributed by atoms with Crippen molar-refractivity contribution < 1.29 is 4.42 Å². The lowest BCUT2D eigenvalue weighted by molar-refractivity contribution is 0.454. The largest absolute Gasteiger partial charge is 0.440 e. The predicted molar refractivity (Wildman–Crippen MR) is 72.1 cm³/mol. The van der Waals surface area contributed by atoms with Gasteiger partial charge in [-0.3, -0.25) is 4.68 Å². The topological polar surface area (TPSA) is 69.6 Å². The van der Waals surface area contributed by atoms with Gasteiger partial charge in [-0.2, -0.15) is 5.10 Å². The summed E-state index contributed by atoms with van der Waals surface area (Å²) in [6.45, 7) is 1.88. The minimum Gasteiger partial charge on any atom is -0.440 e. The lowest BCUT2D eigenvalue weighted by Gasteiger charge is -2.00. The van der Waals surface area contributed by atoms with Gasteiger partial charge in [0.2, 0.25) is 0 Å². The summed E-state index contributed by atoms with van der Waals surface area (Å²) in [4.78, 5) is 12.9. The number of thioether (sulfide) groups is 1. The molecule has 0 saturated heterocycles. The second-order valence-corrected chi connectivity index (χ2v) is 5.26. The molecule has 3 heterocycles. The first-order valence-corrected chi connectivity index (χ1v) is 6.89. The minimum atomic E-state index is 0.414. The SMILES string of the molecule is Cc1coc(SCc2nc(Cl)c3cnn(C)c3n2)n1. The van der Waals surface area contributed by atoms with Gasteiger partial charge in [-0.1, -0.05) is 23.4 Å². The van der Waals surface area contributed by atoms with Crippen LogP contribution in [-0.4, -0.2) is 24.7 Å². The number of rotatable bonds is 3. The molecule has 0 atom stereocenters. The fourth-order valence-corrected chi connectivity index (χ4v) is 2.56. The van der Waals surface area contributed by atoms with E-state index in [0.29, 0.717) is 22.0 Å². The molecular weight excluding hydrogens is 286 g/mol. The molecule has 0 spiro atoms. The number of aromatic nitrogens is 5. The molecule has 0 amide bonds. The third kappa shape index (κ3) is 2.43. The van der Waals surface area contributed by atoms with Crippen LogP contribution in [0.2, 0.25) is 5.15 Å². The number of oxazole rings is 1. The first kappa shape index (κ1) is 12.4. The maximum absolute atomic E-state index is 6.11. The van der Waals surface area contributed by atoms with Crippen LogP contribution in [0.1, 0.15) is 11.5 Å². The molecule has 98 valence electrons. The van der Waals surface area contributed by atoms with E-state index in [0.717, 1.165) is 16.7 Å². The summed E-state index contributed by atoms with van der Waals surface area (Å²) in [6, 6.07) is 0. The Labute approximate surface area is 118 Å². The maximum Gasteiger partial charge on any atom is 0.256 e. The first-order chi connectivity index (χ1) is 9.13. The van der Waals surface area contributed by atoms with E-state index in [1.54, 1.807) is 17.1 Å². The van der Waals surface area contributed by atoms with Crippen molar-refractivity contribution in [2.24, 2.45) is 7.05 Å². The van der Waals surface area contributed by atoms with Crippen LogP contribution in [0.25, 0.3) is 11.0 Å². The summed E-state index contributed by atoms with van der Waals surface area (Å²) < 4.78 is 6.93. The van der Waals surface area contributed by atoms with Crippen molar-refractivity contribution in [3.63, 3.8) is 0 Å². The zero-order valence-electron chi connectivity index (χ0n) is 10.3. The van der Waals surface area contributed by atoms with Gasteiger partial charge in [0, 0.05) is 7.05 Å². The van der Waals surface area contributed by atoms with Gasteiger partial charge in [-0.25, -0.2) is 15.0 Å². The summed E-state index contributed by atoms with van der Waals surface area (Å²) >= 11 is 7.54. The van der Waals surface area contributed by atoms with Crippen LogP contribution >= 0.6 is 23.4 Å². The van der Waals surface area contributed by atoms with Gasteiger partial charge in [0.25, 0.3) is 5.22 Å². The molecule has 8 heteroatoms. The Hall–Kier alpha value is -1.60. The number of halogens is 1. The molecule has 0 aliphatic rings. The van der Waals surface area contributed by atoms with E-state index in [1.165, 1.54) is 11.8 Å². The standard InChI is InChI=1S/C11H10ClN5OS/c1-6-4-18-11(14-6)19-5-8-15-9(12)7-3-13-17(2)10(7)16-8/h3-4H,5H2,1-2H3. The Morgan fingerprint density at radius 2 is 2.21 bits per heavy atom. The van der Waals surface area contributed by atoms with E-state index in [-0.39, 0.29) is 0 Å². The van der Waals surface area contributed by atoms with Crippen LogP contribution < -0.4 is 0 Å². The van der Waals surface area contributed by atoms with Crippen LogP contribution in [-0.2, 0) is 12.8 Å². The van der Waals surface area contributed by atoms with E-state index in [1.807, 2.05) is 14.0 Å².